The van der Waals surface area contributed by atoms with E-state index in [9.17, 15) is 14.5 Å². The third-order valence-electron chi connectivity index (χ3n) is 1.70. The van der Waals surface area contributed by atoms with Crippen molar-refractivity contribution in [3.63, 3.8) is 0 Å². The van der Waals surface area contributed by atoms with Gasteiger partial charge in [0.1, 0.15) is 5.82 Å². The highest BCUT2D eigenvalue weighted by Gasteiger charge is 2.08. The third kappa shape index (κ3) is 2.88. The number of halogens is 1. The smallest absolute Gasteiger partial charge is 0.258 e. The zero-order valence-corrected chi connectivity index (χ0v) is 7.68. The number of rotatable bonds is 3. The Morgan fingerprint density at radius 2 is 2.33 bits per heavy atom. The molecule has 0 radical (unpaired) electrons. The van der Waals surface area contributed by atoms with Gasteiger partial charge in [0.25, 0.3) is 5.69 Å². The minimum atomic E-state index is -0.596. The first-order valence-corrected chi connectivity index (χ1v) is 4.12. The Labute approximate surface area is 85.4 Å². The fourth-order valence-electron chi connectivity index (χ4n) is 1.01. The van der Waals surface area contributed by atoms with Crippen LogP contribution in [-0.2, 0) is 0 Å². The van der Waals surface area contributed by atoms with Crippen LogP contribution in [0.1, 0.15) is 12.0 Å². The lowest BCUT2D eigenvalue weighted by molar-refractivity contribution is -0.384. The minimum Gasteiger partial charge on any atom is -0.258 e. The van der Waals surface area contributed by atoms with Crippen molar-refractivity contribution < 1.29 is 9.31 Å². The van der Waals surface area contributed by atoms with Gasteiger partial charge in [-0.3, -0.25) is 10.1 Å². The molecule has 0 heterocycles. The molecule has 0 spiro atoms. The Bertz CT molecular complexity index is 449. The van der Waals surface area contributed by atoms with Crippen LogP contribution in [0.4, 0.5) is 10.1 Å². The van der Waals surface area contributed by atoms with E-state index in [0.717, 1.165) is 18.2 Å². The zero-order chi connectivity index (χ0) is 11.3. The van der Waals surface area contributed by atoms with Gasteiger partial charge < -0.3 is 0 Å². The number of non-ortho nitro benzene ring substituents is 1. The van der Waals surface area contributed by atoms with Crippen LogP contribution in [0.25, 0.3) is 6.08 Å². The summed E-state index contributed by atoms with van der Waals surface area (Å²) in [5.74, 6) is -0.546. The van der Waals surface area contributed by atoms with Crippen LogP contribution in [0.5, 0.6) is 0 Å². The minimum absolute atomic E-state index is 0.111. The topological polar surface area (TPSA) is 66.9 Å². The number of nitro groups is 1. The first-order chi connectivity index (χ1) is 7.15. The molecule has 0 saturated carbocycles. The molecule has 0 aliphatic carbocycles. The van der Waals surface area contributed by atoms with Crippen LogP contribution in [0.2, 0.25) is 0 Å². The fourth-order valence-corrected chi connectivity index (χ4v) is 1.01. The molecule has 0 aliphatic heterocycles. The molecule has 1 rings (SSSR count). The number of benzene rings is 1. The first kappa shape index (κ1) is 10.9. The quantitative estimate of drug-likeness (QED) is 0.564. The van der Waals surface area contributed by atoms with Crippen molar-refractivity contribution in [2.75, 3.05) is 0 Å². The summed E-state index contributed by atoms with van der Waals surface area (Å²) in [7, 11) is 0. The van der Waals surface area contributed by atoms with E-state index in [1.807, 2.05) is 6.07 Å². The molecule has 1 aromatic rings. The highest BCUT2D eigenvalue weighted by molar-refractivity contribution is 5.54. The summed E-state index contributed by atoms with van der Waals surface area (Å²) in [6.45, 7) is 0. The first-order valence-electron chi connectivity index (χ1n) is 4.12. The molecule has 0 unspecified atom stereocenters. The molecule has 76 valence electrons. The summed E-state index contributed by atoms with van der Waals surface area (Å²) < 4.78 is 13.1. The van der Waals surface area contributed by atoms with Gasteiger partial charge >= 0.3 is 0 Å². The lowest BCUT2D eigenvalue weighted by Gasteiger charge is -1.96. The van der Waals surface area contributed by atoms with E-state index < -0.39 is 10.7 Å². The van der Waals surface area contributed by atoms with Crippen LogP contribution in [0.3, 0.4) is 0 Å². The lowest BCUT2D eigenvalue weighted by atomic mass is 10.1. The average molecular weight is 206 g/mol. The van der Waals surface area contributed by atoms with Gasteiger partial charge in [0.15, 0.2) is 0 Å². The molecule has 0 atom stereocenters. The van der Waals surface area contributed by atoms with Crippen molar-refractivity contribution in [1.29, 1.82) is 5.26 Å². The average Bonchev–Trinajstić information content (AvgIpc) is 2.20. The summed E-state index contributed by atoms with van der Waals surface area (Å²) in [5.41, 5.74) is -0.0625. The van der Waals surface area contributed by atoms with E-state index in [1.54, 1.807) is 0 Å². The van der Waals surface area contributed by atoms with Crippen LogP contribution in [-0.4, -0.2) is 4.92 Å². The number of hydrogen-bond donors (Lipinski definition) is 0. The van der Waals surface area contributed by atoms with E-state index in [1.165, 1.54) is 12.2 Å². The molecule has 0 amide bonds. The van der Waals surface area contributed by atoms with Crippen molar-refractivity contribution in [2.45, 2.75) is 6.42 Å². The van der Waals surface area contributed by atoms with Gasteiger partial charge in [-0.2, -0.15) is 5.26 Å². The van der Waals surface area contributed by atoms with Crippen molar-refractivity contribution in [3.05, 3.63) is 45.8 Å². The summed E-state index contributed by atoms with van der Waals surface area (Å²) in [5, 5.41) is 18.7. The van der Waals surface area contributed by atoms with Gasteiger partial charge in [-0.15, -0.1) is 0 Å². The molecule has 0 bridgehead atoms. The molecule has 0 fully saturated rings. The SMILES string of the molecule is N#CCC=Cc1cc([N+](=O)[O-])ccc1F. The van der Waals surface area contributed by atoms with Crippen molar-refractivity contribution in [3.8, 4) is 6.07 Å². The molecule has 5 heteroatoms. The van der Waals surface area contributed by atoms with Gasteiger partial charge in [-0.05, 0) is 6.07 Å². The van der Waals surface area contributed by atoms with E-state index >= 15 is 0 Å². The van der Waals surface area contributed by atoms with Crippen molar-refractivity contribution in [2.24, 2.45) is 0 Å². The second-order valence-corrected chi connectivity index (χ2v) is 2.73. The van der Waals surface area contributed by atoms with Gasteiger partial charge in [0, 0.05) is 17.7 Å². The normalized spacial score (nSPS) is 10.1. The predicted octanol–water partition coefficient (Wildman–Crippen LogP) is 2.66. The highest BCUT2D eigenvalue weighted by Crippen LogP contribution is 2.17. The third-order valence-corrected chi connectivity index (χ3v) is 1.70. The lowest BCUT2D eigenvalue weighted by Crippen LogP contribution is -1.90. The fraction of sp³-hybridized carbons (Fsp3) is 0.100. The van der Waals surface area contributed by atoms with Crippen molar-refractivity contribution >= 4 is 11.8 Å². The number of allylic oxidation sites excluding steroid dienone is 1. The van der Waals surface area contributed by atoms with E-state index in [0.29, 0.717) is 0 Å². The Balaban J connectivity index is 3.01. The van der Waals surface area contributed by atoms with Gasteiger partial charge in [0.05, 0.1) is 17.4 Å². The number of nitro benzene ring substituents is 1. The van der Waals surface area contributed by atoms with Gasteiger partial charge in [-0.1, -0.05) is 12.2 Å². The van der Waals surface area contributed by atoms with Crippen LogP contribution < -0.4 is 0 Å². The molecule has 0 saturated heterocycles. The van der Waals surface area contributed by atoms with Crippen molar-refractivity contribution in [1.82, 2.24) is 0 Å². The molecule has 1 aromatic carbocycles. The standard InChI is InChI=1S/C10H7FN2O2/c11-10-5-4-9(13(14)15)7-8(10)3-1-2-6-12/h1,3-5,7H,2H2. The van der Waals surface area contributed by atoms with E-state index in [2.05, 4.69) is 0 Å². The van der Waals surface area contributed by atoms with Gasteiger partial charge in [0.2, 0.25) is 0 Å². The zero-order valence-electron chi connectivity index (χ0n) is 7.68. The number of hydrogen-bond acceptors (Lipinski definition) is 3. The van der Waals surface area contributed by atoms with Crippen LogP contribution in [0.15, 0.2) is 24.3 Å². The summed E-state index contributed by atoms with van der Waals surface area (Å²) in [6, 6.07) is 5.11. The van der Waals surface area contributed by atoms with E-state index in [4.69, 9.17) is 5.26 Å². The predicted molar refractivity (Wildman–Crippen MR) is 52.3 cm³/mol. The molecule has 4 nitrogen and oxygen atoms in total. The monoisotopic (exact) mass is 206 g/mol. The van der Waals surface area contributed by atoms with Gasteiger partial charge in [-0.25, -0.2) is 4.39 Å². The molecule has 0 aromatic heterocycles. The molecular weight excluding hydrogens is 199 g/mol. The van der Waals surface area contributed by atoms with E-state index in [-0.39, 0.29) is 17.7 Å². The Kier molecular flexibility index (Phi) is 3.52. The summed E-state index contributed by atoms with van der Waals surface area (Å²) in [6.07, 6.45) is 2.94. The maximum atomic E-state index is 13.1. The second-order valence-electron chi connectivity index (χ2n) is 2.73. The summed E-state index contributed by atoms with van der Waals surface area (Å²) in [4.78, 5) is 9.80. The molecular formula is C10H7FN2O2. The Morgan fingerprint density at radius 3 is 2.93 bits per heavy atom. The molecule has 15 heavy (non-hydrogen) atoms. The summed E-state index contributed by atoms with van der Waals surface area (Å²) >= 11 is 0. The number of nitriles is 1. The van der Waals surface area contributed by atoms with Crippen LogP contribution >= 0.6 is 0 Å². The molecule has 0 aliphatic rings. The Hall–Kier alpha value is -2.22. The largest absolute Gasteiger partial charge is 0.270 e. The maximum Gasteiger partial charge on any atom is 0.270 e. The second kappa shape index (κ2) is 4.86. The maximum absolute atomic E-state index is 13.1. The van der Waals surface area contributed by atoms with Crippen LogP contribution in [0, 0.1) is 27.3 Å². The highest BCUT2D eigenvalue weighted by atomic mass is 19.1. The number of nitrogens with zero attached hydrogens (tertiary/aromatic N) is 2. The Morgan fingerprint density at radius 1 is 1.60 bits per heavy atom. The molecule has 0 N–H and O–H groups in total.